The first kappa shape index (κ1) is 19.3. The summed E-state index contributed by atoms with van der Waals surface area (Å²) in [6, 6.07) is 12.0. The summed E-state index contributed by atoms with van der Waals surface area (Å²) in [5.74, 6) is -0.439. The van der Waals surface area contributed by atoms with Crippen molar-refractivity contribution in [1.29, 1.82) is 0 Å². The molecule has 7 heteroatoms. The monoisotopic (exact) mass is 372 g/mol. The summed E-state index contributed by atoms with van der Waals surface area (Å²) in [6.07, 6.45) is 2.39. The van der Waals surface area contributed by atoms with Gasteiger partial charge in [0.1, 0.15) is 11.4 Å². The lowest BCUT2D eigenvalue weighted by atomic mass is 9.96. The Morgan fingerprint density at radius 2 is 2.22 bits per heavy atom. The van der Waals surface area contributed by atoms with Crippen molar-refractivity contribution in [2.24, 2.45) is 0 Å². The molecule has 2 aromatic rings. The van der Waals surface area contributed by atoms with E-state index in [4.69, 9.17) is 4.74 Å². The predicted molar refractivity (Wildman–Crippen MR) is 102 cm³/mol. The first-order valence-electron chi connectivity index (χ1n) is 9.04. The van der Waals surface area contributed by atoms with Crippen molar-refractivity contribution in [3.8, 4) is 0 Å². The Balaban J connectivity index is 1.75. The molecule has 1 unspecified atom stereocenters. The molecular weight excluding hydrogens is 347 g/mol. The summed E-state index contributed by atoms with van der Waals surface area (Å²) in [5.41, 5.74) is 0.728. The van der Waals surface area contributed by atoms with Crippen LogP contribution in [0.25, 0.3) is 0 Å². The van der Waals surface area contributed by atoms with Crippen LogP contribution in [0.3, 0.4) is 0 Å². The maximum atomic E-state index is 13.6. The molecule has 6 nitrogen and oxygen atoms in total. The second-order valence-electron chi connectivity index (χ2n) is 6.75. The van der Waals surface area contributed by atoms with Gasteiger partial charge in [0.25, 0.3) is 0 Å². The Morgan fingerprint density at radius 3 is 2.96 bits per heavy atom. The van der Waals surface area contributed by atoms with Crippen molar-refractivity contribution in [2.45, 2.75) is 18.5 Å². The second-order valence-corrected chi connectivity index (χ2v) is 6.75. The highest BCUT2D eigenvalue weighted by Crippen LogP contribution is 2.28. The molecule has 1 aromatic heterocycles. The Morgan fingerprint density at radius 1 is 1.33 bits per heavy atom. The summed E-state index contributed by atoms with van der Waals surface area (Å²) in [7, 11) is 1.59. The molecule has 27 heavy (non-hydrogen) atoms. The number of nitrogens with zero attached hydrogens (tertiary/aromatic N) is 2. The lowest BCUT2D eigenvalue weighted by Crippen LogP contribution is -2.54. The molecule has 0 aliphatic carbocycles. The van der Waals surface area contributed by atoms with Gasteiger partial charge in [0, 0.05) is 45.2 Å². The van der Waals surface area contributed by atoms with E-state index in [1.54, 1.807) is 25.4 Å². The molecule has 2 N–H and O–H groups in total. The number of methoxy groups -OCH3 is 1. The number of rotatable bonds is 8. The lowest BCUT2D eigenvalue weighted by molar-refractivity contribution is -0.125. The van der Waals surface area contributed by atoms with Crippen LogP contribution in [0.4, 0.5) is 10.1 Å². The smallest absolute Gasteiger partial charge is 0.247 e. The van der Waals surface area contributed by atoms with Crippen molar-refractivity contribution in [1.82, 2.24) is 15.2 Å². The first-order valence-corrected chi connectivity index (χ1v) is 9.04. The average molecular weight is 372 g/mol. The van der Waals surface area contributed by atoms with Gasteiger partial charge in [-0.05, 0) is 36.8 Å². The third-order valence-electron chi connectivity index (χ3n) is 4.69. The minimum absolute atomic E-state index is 0.104. The van der Waals surface area contributed by atoms with Crippen LogP contribution in [0, 0.1) is 5.82 Å². The molecule has 1 amide bonds. The zero-order valence-corrected chi connectivity index (χ0v) is 15.5. The molecule has 0 spiro atoms. The second kappa shape index (κ2) is 8.92. The molecule has 1 aliphatic rings. The third-order valence-corrected chi connectivity index (χ3v) is 4.69. The minimum Gasteiger partial charge on any atom is -0.383 e. The molecule has 2 heterocycles. The summed E-state index contributed by atoms with van der Waals surface area (Å²) < 4.78 is 18.6. The number of halogens is 1. The number of likely N-dealkylation sites (tertiary alicyclic amines) is 1. The first-order chi connectivity index (χ1) is 13.1. The number of benzene rings is 1. The van der Waals surface area contributed by atoms with Crippen LogP contribution in [0.2, 0.25) is 0 Å². The van der Waals surface area contributed by atoms with E-state index in [0.29, 0.717) is 38.3 Å². The third kappa shape index (κ3) is 5.02. The largest absolute Gasteiger partial charge is 0.383 e. The number of nitrogens with one attached hydrogen (secondary N) is 2. The Kier molecular flexibility index (Phi) is 6.36. The summed E-state index contributed by atoms with van der Waals surface area (Å²) in [4.78, 5) is 19.5. The maximum Gasteiger partial charge on any atom is 0.247 e. The van der Waals surface area contributed by atoms with Gasteiger partial charge in [0.2, 0.25) is 5.91 Å². The van der Waals surface area contributed by atoms with Gasteiger partial charge in [0.15, 0.2) is 0 Å². The highest BCUT2D eigenvalue weighted by Gasteiger charge is 2.44. The number of aromatic nitrogens is 1. The van der Waals surface area contributed by atoms with Crippen LogP contribution >= 0.6 is 0 Å². The number of hydrogen-bond acceptors (Lipinski definition) is 5. The van der Waals surface area contributed by atoms with E-state index < -0.39 is 5.54 Å². The van der Waals surface area contributed by atoms with Gasteiger partial charge >= 0.3 is 0 Å². The van der Waals surface area contributed by atoms with Crippen LogP contribution < -0.4 is 10.6 Å². The van der Waals surface area contributed by atoms with Gasteiger partial charge < -0.3 is 15.4 Å². The SMILES string of the molecule is COCCNC(=O)C1(Nc2cccc(F)c2)CCN(Cc2ccccn2)C1. The molecule has 1 atom stereocenters. The van der Waals surface area contributed by atoms with Crippen LogP contribution in [0.5, 0.6) is 0 Å². The van der Waals surface area contributed by atoms with Crippen LogP contribution in [0.15, 0.2) is 48.7 Å². The molecule has 0 bridgehead atoms. The van der Waals surface area contributed by atoms with E-state index in [0.717, 1.165) is 12.2 Å². The van der Waals surface area contributed by atoms with Gasteiger partial charge in [-0.15, -0.1) is 0 Å². The summed E-state index contributed by atoms with van der Waals surface area (Å²) in [6.45, 7) is 2.80. The number of anilines is 1. The highest BCUT2D eigenvalue weighted by molar-refractivity contribution is 5.90. The Labute approximate surface area is 158 Å². The molecule has 0 saturated carbocycles. The topological polar surface area (TPSA) is 66.5 Å². The van der Waals surface area contributed by atoms with Gasteiger partial charge in [-0.2, -0.15) is 0 Å². The lowest BCUT2D eigenvalue weighted by Gasteiger charge is -2.30. The van der Waals surface area contributed by atoms with Crippen LogP contribution in [0.1, 0.15) is 12.1 Å². The molecule has 0 radical (unpaired) electrons. The summed E-state index contributed by atoms with van der Waals surface area (Å²) in [5, 5.41) is 6.21. The number of carbonyl (C=O) groups excluding carboxylic acids is 1. The standard InChI is InChI=1S/C20H25FN4O2/c1-27-12-10-23-19(26)20(24-17-7-4-5-16(21)13-17)8-11-25(15-20)14-18-6-2-3-9-22-18/h2-7,9,13,24H,8,10-12,14-15H2,1H3,(H,23,26). The normalized spacial score (nSPS) is 19.8. The number of carbonyl (C=O) groups is 1. The van der Waals surface area contributed by atoms with Crippen molar-refractivity contribution >= 4 is 11.6 Å². The molecule has 1 fully saturated rings. The predicted octanol–water partition coefficient (Wildman–Crippen LogP) is 2.04. The molecule has 3 rings (SSSR count). The van der Waals surface area contributed by atoms with Gasteiger partial charge in [-0.25, -0.2) is 4.39 Å². The molecule has 144 valence electrons. The maximum absolute atomic E-state index is 13.6. The fourth-order valence-electron chi connectivity index (χ4n) is 3.37. The number of amides is 1. The van der Waals surface area contributed by atoms with Gasteiger partial charge in [-0.1, -0.05) is 12.1 Å². The van der Waals surface area contributed by atoms with E-state index in [-0.39, 0.29) is 11.7 Å². The van der Waals surface area contributed by atoms with E-state index >= 15 is 0 Å². The fourth-order valence-corrected chi connectivity index (χ4v) is 3.37. The number of ether oxygens (including phenoxy) is 1. The van der Waals surface area contributed by atoms with Crippen LogP contribution in [-0.4, -0.2) is 54.7 Å². The van der Waals surface area contributed by atoms with Crippen molar-refractivity contribution in [2.75, 3.05) is 38.7 Å². The number of hydrogen-bond donors (Lipinski definition) is 2. The van der Waals surface area contributed by atoms with E-state index in [9.17, 15) is 9.18 Å². The van der Waals surface area contributed by atoms with E-state index in [2.05, 4.69) is 20.5 Å². The van der Waals surface area contributed by atoms with Crippen molar-refractivity contribution in [3.05, 3.63) is 60.2 Å². The Hall–Kier alpha value is -2.51. The summed E-state index contributed by atoms with van der Waals surface area (Å²) >= 11 is 0. The van der Waals surface area contributed by atoms with E-state index in [1.807, 2.05) is 18.2 Å². The number of pyridine rings is 1. The van der Waals surface area contributed by atoms with Gasteiger partial charge in [0.05, 0.1) is 12.3 Å². The van der Waals surface area contributed by atoms with E-state index in [1.165, 1.54) is 12.1 Å². The quantitative estimate of drug-likeness (QED) is 0.694. The van der Waals surface area contributed by atoms with Crippen LogP contribution in [-0.2, 0) is 16.1 Å². The Bertz CT molecular complexity index is 759. The molecule has 1 aliphatic heterocycles. The van der Waals surface area contributed by atoms with Crippen molar-refractivity contribution < 1.29 is 13.9 Å². The zero-order chi connectivity index (χ0) is 19.1. The van der Waals surface area contributed by atoms with Gasteiger partial charge in [-0.3, -0.25) is 14.7 Å². The fraction of sp³-hybridized carbons (Fsp3) is 0.400. The van der Waals surface area contributed by atoms with Crippen molar-refractivity contribution in [3.63, 3.8) is 0 Å². The molecule has 1 saturated heterocycles. The average Bonchev–Trinajstić information content (AvgIpc) is 3.06. The molecular formula is C20H25FN4O2. The zero-order valence-electron chi connectivity index (χ0n) is 15.5. The minimum atomic E-state index is -0.823. The highest BCUT2D eigenvalue weighted by atomic mass is 19.1. The molecule has 1 aromatic carbocycles.